The maximum atomic E-state index is 11.1. The van der Waals surface area contributed by atoms with Gasteiger partial charge in [0, 0.05) is 12.6 Å². The fourth-order valence-corrected chi connectivity index (χ4v) is 2.09. The Kier molecular flexibility index (Phi) is 3.23. The number of aromatic hydroxyl groups is 1. The summed E-state index contributed by atoms with van der Waals surface area (Å²) < 4.78 is 10.4. The molecule has 0 atom stereocenters. The maximum absolute atomic E-state index is 11.1. The lowest BCUT2D eigenvalue weighted by atomic mass is 10.2. The number of nitro groups is 1. The van der Waals surface area contributed by atoms with Crippen LogP contribution in [0, 0.1) is 10.1 Å². The lowest BCUT2D eigenvalue weighted by Gasteiger charge is -2.08. The zero-order chi connectivity index (χ0) is 14.8. The second-order valence-corrected chi connectivity index (χ2v) is 4.50. The maximum Gasteiger partial charge on any atom is 0.296 e. The van der Waals surface area contributed by atoms with E-state index in [2.05, 4.69) is 5.32 Å². The molecule has 3 rings (SSSR count). The third-order valence-corrected chi connectivity index (χ3v) is 3.08. The van der Waals surface area contributed by atoms with Gasteiger partial charge in [0.05, 0.1) is 11.0 Å². The first-order chi connectivity index (χ1) is 10.1. The number of benzene rings is 2. The number of phenols is 1. The molecule has 2 aromatic rings. The first-order valence-electron chi connectivity index (χ1n) is 6.23. The number of phenolic OH excluding ortho intramolecular Hbond substituents is 1. The monoisotopic (exact) mass is 288 g/mol. The molecule has 0 saturated carbocycles. The normalized spacial score (nSPS) is 12.2. The summed E-state index contributed by atoms with van der Waals surface area (Å²) in [4.78, 5) is 10.6. The lowest BCUT2D eigenvalue weighted by Crippen LogP contribution is -2.02. The van der Waals surface area contributed by atoms with Gasteiger partial charge in [0.15, 0.2) is 11.5 Å². The quantitative estimate of drug-likeness (QED) is 0.663. The standard InChI is InChI=1S/C14H12N2O5/c17-10-3-1-2-9(4-10)7-15-11-5-13-14(21-8-20-13)6-12(11)16(18)19/h1-6,15,17H,7-8H2. The van der Waals surface area contributed by atoms with Crippen molar-refractivity contribution in [3.63, 3.8) is 0 Å². The van der Waals surface area contributed by atoms with Crippen molar-refractivity contribution < 1.29 is 19.5 Å². The van der Waals surface area contributed by atoms with Gasteiger partial charge in [0.2, 0.25) is 6.79 Å². The third kappa shape index (κ3) is 2.66. The Morgan fingerprint density at radius 1 is 1.24 bits per heavy atom. The SMILES string of the molecule is O=[N+]([O-])c1cc2c(cc1NCc1cccc(O)c1)OCO2. The van der Waals surface area contributed by atoms with Gasteiger partial charge in [-0.2, -0.15) is 0 Å². The molecule has 21 heavy (non-hydrogen) atoms. The van der Waals surface area contributed by atoms with E-state index in [1.54, 1.807) is 24.3 Å². The van der Waals surface area contributed by atoms with Crippen LogP contribution in [0.3, 0.4) is 0 Å². The minimum atomic E-state index is -0.479. The van der Waals surface area contributed by atoms with Crippen molar-refractivity contribution in [2.24, 2.45) is 0 Å². The summed E-state index contributed by atoms with van der Waals surface area (Å²) in [5, 5.41) is 23.5. The van der Waals surface area contributed by atoms with Crippen molar-refractivity contribution in [2.45, 2.75) is 6.54 Å². The summed E-state index contributed by atoms with van der Waals surface area (Å²) in [6.07, 6.45) is 0. The molecular weight excluding hydrogens is 276 g/mol. The highest BCUT2D eigenvalue weighted by Crippen LogP contribution is 2.40. The predicted molar refractivity (Wildman–Crippen MR) is 74.7 cm³/mol. The zero-order valence-corrected chi connectivity index (χ0v) is 10.9. The molecule has 0 fully saturated rings. The second-order valence-electron chi connectivity index (χ2n) is 4.50. The van der Waals surface area contributed by atoms with E-state index in [0.717, 1.165) is 5.56 Å². The van der Waals surface area contributed by atoms with E-state index < -0.39 is 4.92 Å². The molecule has 0 unspecified atom stereocenters. The Morgan fingerprint density at radius 2 is 2.00 bits per heavy atom. The number of nitro benzene ring substituents is 1. The van der Waals surface area contributed by atoms with E-state index in [1.807, 2.05) is 6.07 Å². The van der Waals surface area contributed by atoms with Crippen LogP contribution in [-0.2, 0) is 6.54 Å². The van der Waals surface area contributed by atoms with Crippen LogP contribution < -0.4 is 14.8 Å². The number of anilines is 1. The molecule has 7 nitrogen and oxygen atoms in total. The fourth-order valence-electron chi connectivity index (χ4n) is 2.09. The summed E-state index contributed by atoms with van der Waals surface area (Å²) in [5.74, 6) is 0.984. The number of rotatable bonds is 4. The first kappa shape index (κ1) is 13.0. The molecule has 2 N–H and O–H groups in total. The second kappa shape index (κ2) is 5.20. The Morgan fingerprint density at radius 3 is 2.71 bits per heavy atom. The first-order valence-corrected chi connectivity index (χ1v) is 6.23. The highest BCUT2D eigenvalue weighted by molar-refractivity contribution is 5.69. The van der Waals surface area contributed by atoms with Gasteiger partial charge in [0.1, 0.15) is 11.4 Å². The van der Waals surface area contributed by atoms with Gasteiger partial charge in [-0.25, -0.2) is 0 Å². The third-order valence-electron chi connectivity index (χ3n) is 3.08. The molecule has 1 heterocycles. The molecule has 0 aromatic heterocycles. The van der Waals surface area contributed by atoms with E-state index >= 15 is 0 Å². The van der Waals surface area contributed by atoms with Gasteiger partial charge >= 0.3 is 0 Å². The van der Waals surface area contributed by atoms with Crippen molar-refractivity contribution in [2.75, 3.05) is 12.1 Å². The molecule has 7 heteroatoms. The fraction of sp³-hybridized carbons (Fsp3) is 0.143. The van der Waals surface area contributed by atoms with E-state index in [1.165, 1.54) is 6.07 Å². The molecule has 108 valence electrons. The van der Waals surface area contributed by atoms with Crippen molar-refractivity contribution in [3.8, 4) is 17.2 Å². The minimum absolute atomic E-state index is 0.0580. The van der Waals surface area contributed by atoms with Gasteiger partial charge in [-0.1, -0.05) is 12.1 Å². The van der Waals surface area contributed by atoms with Crippen molar-refractivity contribution in [1.82, 2.24) is 0 Å². The summed E-state index contributed by atoms with van der Waals surface area (Å²) in [5.41, 5.74) is 1.06. The van der Waals surface area contributed by atoms with E-state index in [0.29, 0.717) is 23.7 Å². The number of hydrogen-bond acceptors (Lipinski definition) is 6. The number of hydrogen-bond donors (Lipinski definition) is 2. The van der Waals surface area contributed by atoms with Crippen LogP contribution in [0.2, 0.25) is 0 Å². The van der Waals surface area contributed by atoms with Crippen LogP contribution in [0.5, 0.6) is 17.2 Å². The molecule has 0 radical (unpaired) electrons. The number of fused-ring (bicyclic) bond motifs is 1. The Hall–Kier alpha value is -2.96. The molecule has 0 aliphatic carbocycles. The van der Waals surface area contributed by atoms with Crippen molar-refractivity contribution in [3.05, 3.63) is 52.1 Å². The highest BCUT2D eigenvalue weighted by atomic mass is 16.7. The van der Waals surface area contributed by atoms with Crippen LogP contribution in [0.25, 0.3) is 0 Å². The van der Waals surface area contributed by atoms with Crippen LogP contribution in [0.1, 0.15) is 5.56 Å². The lowest BCUT2D eigenvalue weighted by molar-refractivity contribution is -0.384. The molecule has 0 saturated heterocycles. The molecule has 0 bridgehead atoms. The number of nitrogens with zero attached hydrogens (tertiary/aromatic N) is 1. The molecule has 0 amide bonds. The van der Waals surface area contributed by atoms with E-state index in [4.69, 9.17) is 9.47 Å². The molecule has 0 spiro atoms. The van der Waals surface area contributed by atoms with Gasteiger partial charge in [-0.05, 0) is 17.7 Å². The zero-order valence-electron chi connectivity index (χ0n) is 10.9. The van der Waals surface area contributed by atoms with Gasteiger partial charge in [0.25, 0.3) is 5.69 Å². The largest absolute Gasteiger partial charge is 0.508 e. The Bertz CT molecular complexity index is 702. The Balaban J connectivity index is 1.86. The van der Waals surface area contributed by atoms with Crippen molar-refractivity contribution in [1.29, 1.82) is 0 Å². The summed E-state index contributed by atoms with van der Waals surface area (Å²) in [7, 11) is 0. The highest BCUT2D eigenvalue weighted by Gasteiger charge is 2.23. The summed E-state index contributed by atoms with van der Waals surface area (Å²) >= 11 is 0. The van der Waals surface area contributed by atoms with Crippen LogP contribution in [0.4, 0.5) is 11.4 Å². The smallest absolute Gasteiger partial charge is 0.296 e. The topological polar surface area (TPSA) is 93.9 Å². The van der Waals surface area contributed by atoms with Gasteiger partial charge in [-0.3, -0.25) is 10.1 Å². The summed E-state index contributed by atoms with van der Waals surface area (Å²) in [6, 6.07) is 9.56. The number of ether oxygens (including phenoxy) is 2. The van der Waals surface area contributed by atoms with Crippen molar-refractivity contribution >= 4 is 11.4 Å². The summed E-state index contributed by atoms with van der Waals surface area (Å²) in [6.45, 7) is 0.400. The van der Waals surface area contributed by atoms with E-state index in [-0.39, 0.29) is 18.2 Å². The van der Waals surface area contributed by atoms with Crippen LogP contribution >= 0.6 is 0 Å². The molecule has 1 aliphatic heterocycles. The average Bonchev–Trinajstić information content (AvgIpc) is 2.91. The molecule has 2 aromatic carbocycles. The van der Waals surface area contributed by atoms with Gasteiger partial charge in [-0.15, -0.1) is 0 Å². The number of nitrogens with one attached hydrogen (secondary N) is 1. The van der Waals surface area contributed by atoms with Gasteiger partial charge < -0.3 is 19.9 Å². The average molecular weight is 288 g/mol. The van der Waals surface area contributed by atoms with Crippen LogP contribution in [-0.4, -0.2) is 16.8 Å². The van der Waals surface area contributed by atoms with E-state index in [9.17, 15) is 15.2 Å². The Labute approximate surface area is 119 Å². The van der Waals surface area contributed by atoms with Crippen LogP contribution in [0.15, 0.2) is 36.4 Å². The minimum Gasteiger partial charge on any atom is -0.508 e. The molecular formula is C14H12N2O5. The molecule has 1 aliphatic rings. The predicted octanol–water partition coefficient (Wildman–Crippen LogP) is 2.64.